The number of carbonyl (C=O) groups excluding carboxylic acids is 1. The van der Waals surface area contributed by atoms with Crippen LogP contribution in [0, 0.1) is 11.8 Å². The predicted octanol–water partition coefficient (Wildman–Crippen LogP) is 0.829. The lowest BCUT2D eigenvalue weighted by Gasteiger charge is -2.18. The van der Waals surface area contributed by atoms with Crippen molar-refractivity contribution in [1.82, 2.24) is 4.90 Å². The molecule has 3 unspecified atom stereocenters. The van der Waals surface area contributed by atoms with Gasteiger partial charge in [-0.25, -0.2) is 4.79 Å². The van der Waals surface area contributed by atoms with Crippen LogP contribution in [0.25, 0.3) is 0 Å². The molecule has 1 amide bonds. The van der Waals surface area contributed by atoms with Crippen LogP contribution < -0.4 is 5.73 Å². The van der Waals surface area contributed by atoms with E-state index in [9.17, 15) is 4.79 Å². The third-order valence-electron chi connectivity index (χ3n) is 3.72. The summed E-state index contributed by atoms with van der Waals surface area (Å²) in [5.74, 6) is 0.798. The molecule has 2 aliphatic heterocycles. The molecule has 2 N–H and O–H groups in total. The van der Waals surface area contributed by atoms with E-state index in [1.165, 1.54) is 0 Å². The third-order valence-corrected chi connectivity index (χ3v) is 3.72. The molecule has 2 fully saturated rings. The van der Waals surface area contributed by atoms with Crippen molar-refractivity contribution in [3.63, 3.8) is 0 Å². The van der Waals surface area contributed by atoms with Gasteiger partial charge in [0.2, 0.25) is 0 Å². The molecule has 0 aromatic heterocycles. The number of unbranched alkanes of at least 4 members (excludes halogenated alkanes) is 1. The zero-order valence-corrected chi connectivity index (χ0v) is 10.4. The Morgan fingerprint density at radius 2 is 2.35 bits per heavy atom. The topological polar surface area (TPSA) is 64.8 Å². The Balaban J connectivity index is 1.79. The van der Waals surface area contributed by atoms with Crippen molar-refractivity contribution in [2.24, 2.45) is 17.6 Å². The Kier molecular flexibility index (Phi) is 4.23. The summed E-state index contributed by atoms with van der Waals surface area (Å²) in [6.45, 7) is 5.37. The van der Waals surface area contributed by atoms with E-state index >= 15 is 0 Å². The molecule has 0 spiro atoms. The summed E-state index contributed by atoms with van der Waals surface area (Å²) in [6, 6.07) is 0. The second-order valence-electron chi connectivity index (χ2n) is 4.90. The molecule has 0 aromatic carbocycles. The lowest BCUT2D eigenvalue weighted by Crippen LogP contribution is -2.33. The fourth-order valence-corrected chi connectivity index (χ4v) is 2.59. The van der Waals surface area contributed by atoms with E-state index in [4.69, 9.17) is 15.2 Å². The summed E-state index contributed by atoms with van der Waals surface area (Å²) in [7, 11) is 0. The van der Waals surface area contributed by atoms with Crippen LogP contribution in [-0.4, -0.2) is 49.9 Å². The van der Waals surface area contributed by atoms with Gasteiger partial charge in [0.05, 0.1) is 25.9 Å². The smallest absolute Gasteiger partial charge is 0.409 e. The molecule has 0 aromatic rings. The highest BCUT2D eigenvalue weighted by atomic mass is 16.6. The normalized spacial score (nSPS) is 31.6. The SMILES string of the molecule is CCCCOC(=O)N1CC2OCC(CN)C2C1. The maximum atomic E-state index is 11.8. The molecule has 2 aliphatic rings. The molecule has 17 heavy (non-hydrogen) atoms. The number of fused-ring (bicyclic) bond motifs is 1. The molecule has 3 atom stereocenters. The van der Waals surface area contributed by atoms with E-state index in [2.05, 4.69) is 6.92 Å². The van der Waals surface area contributed by atoms with Crippen LogP contribution >= 0.6 is 0 Å². The molecule has 0 saturated carbocycles. The van der Waals surface area contributed by atoms with Crippen LogP contribution in [0.1, 0.15) is 19.8 Å². The van der Waals surface area contributed by atoms with Gasteiger partial charge in [0.15, 0.2) is 0 Å². The maximum absolute atomic E-state index is 11.8. The molecular weight excluding hydrogens is 220 g/mol. The molecule has 0 aliphatic carbocycles. The summed E-state index contributed by atoms with van der Waals surface area (Å²) in [5, 5.41) is 0. The number of nitrogens with zero attached hydrogens (tertiary/aromatic N) is 1. The van der Waals surface area contributed by atoms with Crippen LogP contribution in [-0.2, 0) is 9.47 Å². The maximum Gasteiger partial charge on any atom is 0.409 e. The van der Waals surface area contributed by atoms with Crippen LogP contribution in [0.5, 0.6) is 0 Å². The van der Waals surface area contributed by atoms with Gasteiger partial charge in [0.1, 0.15) is 0 Å². The van der Waals surface area contributed by atoms with Gasteiger partial charge in [-0.05, 0) is 13.0 Å². The Hall–Kier alpha value is -0.810. The van der Waals surface area contributed by atoms with Gasteiger partial charge in [-0.3, -0.25) is 0 Å². The van der Waals surface area contributed by atoms with Gasteiger partial charge in [-0.1, -0.05) is 13.3 Å². The third kappa shape index (κ3) is 2.72. The first-order valence-electron chi connectivity index (χ1n) is 6.49. The van der Waals surface area contributed by atoms with Crippen molar-refractivity contribution in [2.45, 2.75) is 25.9 Å². The monoisotopic (exact) mass is 242 g/mol. The highest BCUT2D eigenvalue weighted by Crippen LogP contribution is 2.33. The summed E-state index contributed by atoms with van der Waals surface area (Å²) < 4.78 is 10.9. The Labute approximate surface area is 102 Å². The molecule has 5 heteroatoms. The molecule has 5 nitrogen and oxygen atoms in total. The second kappa shape index (κ2) is 5.69. The van der Waals surface area contributed by atoms with E-state index in [0.717, 1.165) is 26.0 Å². The largest absolute Gasteiger partial charge is 0.449 e. The number of hydrogen-bond acceptors (Lipinski definition) is 4. The summed E-state index contributed by atoms with van der Waals surface area (Å²) in [6.07, 6.45) is 1.93. The second-order valence-corrected chi connectivity index (χ2v) is 4.90. The summed E-state index contributed by atoms with van der Waals surface area (Å²) in [4.78, 5) is 13.5. The number of hydrogen-bond donors (Lipinski definition) is 1. The summed E-state index contributed by atoms with van der Waals surface area (Å²) in [5.41, 5.74) is 5.69. The van der Waals surface area contributed by atoms with Crippen molar-refractivity contribution in [1.29, 1.82) is 0 Å². The van der Waals surface area contributed by atoms with Gasteiger partial charge in [-0.2, -0.15) is 0 Å². The predicted molar refractivity (Wildman–Crippen MR) is 63.6 cm³/mol. The van der Waals surface area contributed by atoms with Crippen LogP contribution in [0.4, 0.5) is 4.79 Å². The highest BCUT2D eigenvalue weighted by Gasteiger charge is 2.44. The first-order chi connectivity index (χ1) is 8.26. The van der Waals surface area contributed by atoms with E-state index in [-0.39, 0.29) is 12.2 Å². The Bertz CT molecular complexity index is 272. The fourth-order valence-electron chi connectivity index (χ4n) is 2.59. The van der Waals surface area contributed by atoms with Gasteiger partial charge >= 0.3 is 6.09 Å². The van der Waals surface area contributed by atoms with E-state index in [0.29, 0.717) is 31.5 Å². The average molecular weight is 242 g/mol. The van der Waals surface area contributed by atoms with Crippen molar-refractivity contribution in [2.75, 3.05) is 32.8 Å². The number of amides is 1. The Morgan fingerprint density at radius 1 is 1.53 bits per heavy atom. The number of ether oxygens (including phenoxy) is 2. The molecule has 0 bridgehead atoms. The van der Waals surface area contributed by atoms with Crippen molar-refractivity contribution in [3.05, 3.63) is 0 Å². The zero-order valence-electron chi connectivity index (χ0n) is 10.4. The molecule has 2 saturated heterocycles. The zero-order chi connectivity index (χ0) is 12.3. The highest BCUT2D eigenvalue weighted by molar-refractivity contribution is 5.68. The van der Waals surface area contributed by atoms with Gasteiger partial charge in [-0.15, -0.1) is 0 Å². The number of rotatable bonds is 4. The van der Waals surface area contributed by atoms with Crippen LogP contribution in [0.15, 0.2) is 0 Å². The lowest BCUT2D eigenvalue weighted by atomic mass is 9.93. The van der Waals surface area contributed by atoms with Gasteiger partial charge in [0.25, 0.3) is 0 Å². The van der Waals surface area contributed by atoms with Gasteiger partial charge < -0.3 is 20.1 Å². The minimum Gasteiger partial charge on any atom is -0.449 e. The molecular formula is C12H22N2O3. The van der Waals surface area contributed by atoms with Crippen LogP contribution in [0.2, 0.25) is 0 Å². The lowest BCUT2D eigenvalue weighted by molar-refractivity contribution is 0.0784. The average Bonchev–Trinajstić information content (AvgIpc) is 2.88. The molecule has 98 valence electrons. The fraction of sp³-hybridized carbons (Fsp3) is 0.917. The molecule has 2 rings (SSSR count). The number of carbonyl (C=O) groups is 1. The first-order valence-corrected chi connectivity index (χ1v) is 6.49. The van der Waals surface area contributed by atoms with Crippen molar-refractivity contribution >= 4 is 6.09 Å². The van der Waals surface area contributed by atoms with Gasteiger partial charge in [0, 0.05) is 18.4 Å². The number of nitrogens with two attached hydrogens (primary N) is 1. The minimum atomic E-state index is -0.202. The first kappa shape index (κ1) is 12.6. The minimum absolute atomic E-state index is 0.169. The molecule has 0 radical (unpaired) electrons. The van der Waals surface area contributed by atoms with Crippen LogP contribution in [0.3, 0.4) is 0 Å². The standard InChI is InChI=1S/C12H22N2O3/c1-2-3-4-16-12(15)14-6-10-9(5-13)8-17-11(10)7-14/h9-11H,2-8,13H2,1H3. The van der Waals surface area contributed by atoms with Crippen molar-refractivity contribution in [3.8, 4) is 0 Å². The van der Waals surface area contributed by atoms with E-state index < -0.39 is 0 Å². The van der Waals surface area contributed by atoms with Crippen molar-refractivity contribution < 1.29 is 14.3 Å². The molecule has 2 heterocycles. The number of likely N-dealkylation sites (tertiary alicyclic amines) is 1. The quantitative estimate of drug-likeness (QED) is 0.742. The van der Waals surface area contributed by atoms with E-state index in [1.807, 2.05) is 0 Å². The Morgan fingerprint density at radius 3 is 3.06 bits per heavy atom. The van der Waals surface area contributed by atoms with E-state index in [1.54, 1.807) is 4.90 Å². The summed E-state index contributed by atoms with van der Waals surface area (Å²) >= 11 is 0.